The normalized spacial score (nSPS) is 32.4. The maximum absolute atomic E-state index is 12.1. The molecule has 2 atom stereocenters. The Bertz CT molecular complexity index is 295. The molecule has 2 fully saturated rings. The van der Waals surface area contributed by atoms with Gasteiger partial charge in [0.25, 0.3) is 0 Å². The van der Waals surface area contributed by atoms with Crippen molar-refractivity contribution in [1.82, 2.24) is 4.90 Å². The Morgan fingerprint density at radius 1 is 1.21 bits per heavy atom. The quantitative estimate of drug-likeness (QED) is 0.715. The summed E-state index contributed by atoms with van der Waals surface area (Å²) in [4.78, 5) is 14.7. The van der Waals surface area contributed by atoms with Crippen molar-refractivity contribution in [3.05, 3.63) is 0 Å². The molecule has 19 heavy (non-hydrogen) atoms. The van der Waals surface area contributed by atoms with Gasteiger partial charge < -0.3 is 4.74 Å². The first kappa shape index (κ1) is 14.8. The van der Waals surface area contributed by atoms with E-state index in [1.165, 1.54) is 58.0 Å². The van der Waals surface area contributed by atoms with Crippen LogP contribution in [0.25, 0.3) is 0 Å². The summed E-state index contributed by atoms with van der Waals surface area (Å²) in [5.41, 5.74) is 0.107. The molecule has 1 aliphatic carbocycles. The van der Waals surface area contributed by atoms with E-state index < -0.39 is 0 Å². The van der Waals surface area contributed by atoms with E-state index in [4.69, 9.17) is 4.74 Å². The lowest BCUT2D eigenvalue weighted by Gasteiger charge is -2.50. The Kier molecular flexibility index (Phi) is 5.26. The van der Waals surface area contributed by atoms with Crippen LogP contribution in [0.5, 0.6) is 0 Å². The highest BCUT2D eigenvalue weighted by Crippen LogP contribution is 2.44. The van der Waals surface area contributed by atoms with Gasteiger partial charge in [0.05, 0.1) is 13.0 Å². The van der Waals surface area contributed by atoms with Gasteiger partial charge in [0.2, 0.25) is 0 Å². The molecule has 0 spiro atoms. The zero-order chi connectivity index (χ0) is 13.7. The van der Waals surface area contributed by atoms with Crippen molar-refractivity contribution in [2.45, 2.75) is 70.8 Å². The number of hydrogen-bond donors (Lipinski definition) is 0. The predicted octanol–water partition coefficient (Wildman–Crippen LogP) is 3.37. The average molecular weight is 267 g/mol. The molecule has 1 saturated heterocycles. The van der Waals surface area contributed by atoms with Crippen molar-refractivity contribution in [2.24, 2.45) is 5.92 Å². The molecule has 2 rings (SSSR count). The van der Waals surface area contributed by atoms with E-state index in [9.17, 15) is 4.79 Å². The van der Waals surface area contributed by atoms with Crippen molar-refractivity contribution in [3.63, 3.8) is 0 Å². The van der Waals surface area contributed by atoms with Gasteiger partial charge >= 0.3 is 5.97 Å². The van der Waals surface area contributed by atoms with Crippen molar-refractivity contribution in [3.8, 4) is 0 Å². The third-order valence-electron chi connectivity index (χ3n) is 5.16. The van der Waals surface area contributed by atoms with Gasteiger partial charge in [0.15, 0.2) is 0 Å². The van der Waals surface area contributed by atoms with Crippen LogP contribution >= 0.6 is 0 Å². The zero-order valence-electron chi connectivity index (χ0n) is 12.6. The van der Waals surface area contributed by atoms with Gasteiger partial charge in [-0.05, 0) is 51.6 Å². The fourth-order valence-electron chi connectivity index (χ4n) is 4.26. The van der Waals surface area contributed by atoms with Crippen LogP contribution in [0.4, 0.5) is 0 Å². The number of ether oxygens (including phenoxy) is 1. The zero-order valence-corrected chi connectivity index (χ0v) is 12.6. The first-order chi connectivity index (χ1) is 9.23. The summed E-state index contributed by atoms with van der Waals surface area (Å²) in [6.07, 6.45) is 9.46. The molecule has 3 nitrogen and oxygen atoms in total. The van der Waals surface area contributed by atoms with Gasteiger partial charge in [-0.25, -0.2) is 0 Å². The summed E-state index contributed by atoms with van der Waals surface area (Å²) in [7, 11) is 0. The Morgan fingerprint density at radius 3 is 2.58 bits per heavy atom. The number of esters is 1. The van der Waals surface area contributed by atoms with Gasteiger partial charge in [0.1, 0.15) is 0 Å². The van der Waals surface area contributed by atoms with Crippen LogP contribution in [-0.2, 0) is 9.53 Å². The van der Waals surface area contributed by atoms with Gasteiger partial charge in [-0.1, -0.05) is 26.2 Å². The summed E-state index contributed by atoms with van der Waals surface area (Å²) in [5.74, 6) is 0.679. The smallest absolute Gasteiger partial charge is 0.307 e. The van der Waals surface area contributed by atoms with Crippen molar-refractivity contribution in [2.75, 3.05) is 19.7 Å². The Balaban J connectivity index is 2.17. The molecule has 0 aromatic carbocycles. The highest BCUT2D eigenvalue weighted by molar-refractivity contribution is 5.71. The van der Waals surface area contributed by atoms with E-state index in [0.717, 1.165) is 0 Å². The molecule has 2 unspecified atom stereocenters. The summed E-state index contributed by atoms with van der Waals surface area (Å²) < 4.78 is 5.26. The van der Waals surface area contributed by atoms with E-state index >= 15 is 0 Å². The lowest BCUT2D eigenvalue weighted by molar-refractivity contribution is -0.149. The Labute approximate surface area is 117 Å². The van der Waals surface area contributed by atoms with Gasteiger partial charge in [-0.2, -0.15) is 0 Å². The first-order valence-corrected chi connectivity index (χ1v) is 8.13. The van der Waals surface area contributed by atoms with Crippen molar-refractivity contribution < 1.29 is 9.53 Å². The molecule has 0 aromatic rings. The lowest BCUT2D eigenvalue weighted by Crippen LogP contribution is -2.55. The second kappa shape index (κ2) is 6.74. The highest BCUT2D eigenvalue weighted by Gasteiger charge is 2.46. The van der Waals surface area contributed by atoms with Crippen molar-refractivity contribution >= 4 is 5.97 Å². The molecule has 0 N–H and O–H groups in total. The molecule has 0 bridgehead atoms. The van der Waals surface area contributed by atoms with Crippen LogP contribution in [0.3, 0.4) is 0 Å². The number of rotatable bonds is 5. The van der Waals surface area contributed by atoms with E-state index in [1.807, 2.05) is 6.92 Å². The Hall–Kier alpha value is -0.570. The van der Waals surface area contributed by atoms with Crippen LogP contribution in [0, 0.1) is 5.92 Å². The van der Waals surface area contributed by atoms with E-state index in [-0.39, 0.29) is 11.5 Å². The molecule has 0 amide bonds. The number of likely N-dealkylation sites (tertiary alicyclic amines) is 1. The monoisotopic (exact) mass is 267 g/mol. The van der Waals surface area contributed by atoms with Crippen LogP contribution < -0.4 is 0 Å². The number of carbonyl (C=O) groups excluding carboxylic acids is 1. The fourth-order valence-corrected chi connectivity index (χ4v) is 4.26. The Morgan fingerprint density at radius 2 is 1.95 bits per heavy atom. The molecule has 1 heterocycles. The third-order valence-corrected chi connectivity index (χ3v) is 5.16. The molecular formula is C16H29NO2. The lowest BCUT2D eigenvalue weighted by atomic mass is 9.68. The van der Waals surface area contributed by atoms with E-state index in [1.54, 1.807) is 0 Å². The van der Waals surface area contributed by atoms with Crippen LogP contribution in [-0.4, -0.2) is 36.1 Å². The fraction of sp³-hybridized carbons (Fsp3) is 0.938. The summed E-state index contributed by atoms with van der Waals surface area (Å²) in [6.45, 7) is 7.04. The molecule has 2 aliphatic rings. The topological polar surface area (TPSA) is 29.5 Å². The minimum Gasteiger partial charge on any atom is -0.466 e. The minimum absolute atomic E-state index is 0.00903. The SMILES string of the molecule is CCOC(=O)CC1(N2CCCC2)CCCCC1CC. The molecule has 1 aliphatic heterocycles. The second-order valence-corrected chi connectivity index (χ2v) is 6.13. The largest absolute Gasteiger partial charge is 0.466 e. The summed E-state index contributed by atoms with van der Waals surface area (Å²) in [6, 6.07) is 0. The molecule has 0 aromatic heterocycles. The van der Waals surface area contributed by atoms with E-state index in [2.05, 4.69) is 11.8 Å². The summed E-state index contributed by atoms with van der Waals surface area (Å²) >= 11 is 0. The third kappa shape index (κ3) is 3.13. The molecule has 1 saturated carbocycles. The van der Waals surface area contributed by atoms with Crippen LogP contribution in [0.15, 0.2) is 0 Å². The standard InChI is InChI=1S/C16H29NO2/c1-3-14-9-5-6-10-16(14,13-15(18)19-4-2)17-11-7-8-12-17/h14H,3-13H2,1-2H3. The number of nitrogens with zero attached hydrogens (tertiary/aromatic N) is 1. The van der Waals surface area contributed by atoms with Crippen molar-refractivity contribution in [1.29, 1.82) is 0 Å². The van der Waals surface area contributed by atoms with Gasteiger partial charge in [-0.15, -0.1) is 0 Å². The predicted molar refractivity (Wildman–Crippen MR) is 77.0 cm³/mol. The van der Waals surface area contributed by atoms with E-state index in [0.29, 0.717) is 18.9 Å². The van der Waals surface area contributed by atoms with Gasteiger partial charge in [-0.3, -0.25) is 9.69 Å². The average Bonchev–Trinajstić information content (AvgIpc) is 2.93. The molecule has 0 radical (unpaired) electrons. The molecular weight excluding hydrogens is 238 g/mol. The highest BCUT2D eigenvalue weighted by atomic mass is 16.5. The van der Waals surface area contributed by atoms with Crippen LogP contribution in [0.1, 0.15) is 65.2 Å². The molecule has 3 heteroatoms. The maximum atomic E-state index is 12.1. The number of carbonyl (C=O) groups is 1. The molecule has 110 valence electrons. The van der Waals surface area contributed by atoms with Gasteiger partial charge in [0, 0.05) is 5.54 Å². The first-order valence-electron chi connectivity index (χ1n) is 8.13. The second-order valence-electron chi connectivity index (χ2n) is 6.13. The number of hydrogen-bond acceptors (Lipinski definition) is 3. The minimum atomic E-state index is 0.00903. The van der Waals surface area contributed by atoms with Crippen LogP contribution in [0.2, 0.25) is 0 Å². The summed E-state index contributed by atoms with van der Waals surface area (Å²) in [5, 5.41) is 0. The maximum Gasteiger partial charge on any atom is 0.307 e.